The lowest BCUT2D eigenvalue weighted by molar-refractivity contribution is 1.16. The second kappa shape index (κ2) is 1.10. The van der Waals surface area contributed by atoms with Crippen molar-refractivity contribution in [2.75, 3.05) is 0 Å². The molecule has 0 radical (unpaired) electrons. The Bertz CT molecular complexity index is 198. The van der Waals surface area contributed by atoms with Gasteiger partial charge in [-0.25, -0.2) is 0 Å². The largest absolute Gasteiger partial charge is 0.301 e. The van der Waals surface area contributed by atoms with Crippen LogP contribution in [0.15, 0.2) is 23.8 Å². The Morgan fingerprint density at radius 2 is 2.50 bits per heavy atom. The van der Waals surface area contributed by atoms with E-state index < -0.39 is 0 Å². The molecule has 0 aromatic heterocycles. The Balaban J connectivity index is 2.38. The molecule has 1 saturated carbocycles. The molecule has 0 aromatic rings. The van der Waals surface area contributed by atoms with Gasteiger partial charge in [0, 0.05) is 5.92 Å². The van der Waals surface area contributed by atoms with E-state index in [1.807, 2.05) is 12.2 Å². The average molecular weight is 105 g/mol. The summed E-state index contributed by atoms with van der Waals surface area (Å²) in [6, 6.07) is 0. The van der Waals surface area contributed by atoms with Crippen molar-refractivity contribution < 1.29 is 0 Å². The van der Waals surface area contributed by atoms with Crippen LogP contribution >= 0.6 is 0 Å². The Kier molecular flexibility index (Phi) is 0.562. The van der Waals surface area contributed by atoms with Crippen LogP contribution in [-0.2, 0) is 0 Å². The van der Waals surface area contributed by atoms with Crippen molar-refractivity contribution in [1.82, 2.24) is 0 Å². The maximum absolute atomic E-state index is 7.18. The fourth-order valence-electron chi connectivity index (χ4n) is 1.02. The summed E-state index contributed by atoms with van der Waals surface area (Å²) in [6.07, 6.45) is 7.16. The molecule has 1 unspecified atom stereocenters. The van der Waals surface area contributed by atoms with Crippen LogP contribution in [0.3, 0.4) is 0 Å². The van der Waals surface area contributed by atoms with Gasteiger partial charge >= 0.3 is 0 Å². The summed E-state index contributed by atoms with van der Waals surface area (Å²) in [7, 11) is 0. The molecule has 0 saturated heterocycles. The van der Waals surface area contributed by atoms with Crippen molar-refractivity contribution in [2.45, 2.75) is 6.42 Å². The molecule has 1 nitrogen and oxygen atoms in total. The molecule has 1 fully saturated rings. The van der Waals surface area contributed by atoms with Crippen LogP contribution in [0.1, 0.15) is 6.42 Å². The molecule has 0 aliphatic heterocycles. The lowest BCUT2D eigenvalue weighted by Crippen LogP contribution is -1.87. The zero-order valence-corrected chi connectivity index (χ0v) is 4.52. The van der Waals surface area contributed by atoms with Crippen molar-refractivity contribution in [3.63, 3.8) is 0 Å². The fraction of sp³-hybridized carbons (Fsp3) is 0.286. The number of allylic oxidation sites excluding steroid dienone is 4. The number of rotatable bonds is 0. The molecule has 40 valence electrons. The molecule has 2 rings (SSSR count). The first kappa shape index (κ1) is 4.07. The highest BCUT2D eigenvalue weighted by Crippen LogP contribution is 2.40. The highest BCUT2D eigenvalue weighted by molar-refractivity contribution is 6.03. The molecule has 0 heterocycles. The van der Waals surface area contributed by atoms with Gasteiger partial charge in [-0.15, -0.1) is 0 Å². The summed E-state index contributed by atoms with van der Waals surface area (Å²) < 4.78 is 0. The second-order valence-corrected chi connectivity index (χ2v) is 2.34. The lowest BCUT2D eigenvalue weighted by Gasteiger charge is -1.90. The minimum Gasteiger partial charge on any atom is -0.301 e. The van der Waals surface area contributed by atoms with E-state index in [1.54, 1.807) is 0 Å². The first-order valence-electron chi connectivity index (χ1n) is 2.83. The van der Waals surface area contributed by atoms with E-state index in [0.717, 1.165) is 5.92 Å². The van der Waals surface area contributed by atoms with Gasteiger partial charge < -0.3 is 5.41 Å². The number of fused-ring (bicyclic) bond motifs is 1. The standard InChI is InChI=1S/C7H7N/c8-7-2-1-5-3-6(5)4-7/h1-2,4-5,8H,3H2. The van der Waals surface area contributed by atoms with Gasteiger partial charge in [0.2, 0.25) is 0 Å². The van der Waals surface area contributed by atoms with Crippen LogP contribution < -0.4 is 0 Å². The predicted molar refractivity (Wildman–Crippen MR) is 33.1 cm³/mol. The monoisotopic (exact) mass is 105 g/mol. The topological polar surface area (TPSA) is 23.9 Å². The van der Waals surface area contributed by atoms with Gasteiger partial charge in [0.1, 0.15) is 0 Å². The highest BCUT2D eigenvalue weighted by atomic mass is 14.4. The van der Waals surface area contributed by atoms with Crippen LogP contribution in [0.25, 0.3) is 0 Å². The van der Waals surface area contributed by atoms with Gasteiger partial charge in [-0.1, -0.05) is 11.6 Å². The lowest BCUT2D eigenvalue weighted by atomic mass is 10.2. The third-order valence-electron chi connectivity index (χ3n) is 1.62. The molecule has 2 aliphatic rings. The maximum atomic E-state index is 7.18. The molecule has 0 amide bonds. The molecular weight excluding hydrogens is 98.1 g/mol. The van der Waals surface area contributed by atoms with Crippen molar-refractivity contribution in [1.29, 1.82) is 5.41 Å². The summed E-state index contributed by atoms with van der Waals surface area (Å²) in [6.45, 7) is 0. The molecule has 2 aliphatic carbocycles. The number of hydrogen-bond donors (Lipinski definition) is 1. The van der Waals surface area contributed by atoms with Crippen LogP contribution in [-0.4, -0.2) is 5.71 Å². The van der Waals surface area contributed by atoms with Crippen LogP contribution in [0.4, 0.5) is 0 Å². The van der Waals surface area contributed by atoms with Crippen LogP contribution in [0.2, 0.25) is 0 Å². The van der Waals surface area contributed by atoms with E-state index in [4.69, 9.17) is 5.41 Å². The SMILES string of the molecule is N=C1C=CC2CC2=C1. The van der Waals surface area contributed by atoms with Gasteiger partial charge in [0.25, 0.3) is 0 Å². The summed E-state index contributed by atoms with van der Waals surface area (Å²) in [5, 5.41) is 7.18. The van der Waals surface area contributed by atoms with E-state index in [9.17, 15) is 0 Å². The first-order valence-corrected chi connectivity index (χ1v) is 2.83. The van der Waals surface area contributed by atoms with Gasteiger partial charge in [0.05, 0.1) is 5.71 Å². The van der Waals surface area contributed by atoms with Crippen LogP contribution in [0, 0.1) is 11.3 Å². The van der Waals surface area contributed by atoms with E-state index in [1.165, 1.54) is 12.0 Å². The maximum Gasteiger partial charge on any atom is 0.0536 e. The molecule has 1 heteroatoms. The summed E-state index contributed by atoms with van der Waals surface area (Å²) in [4.78, 5) is 0. The molecule has 8 heavy (non-hydrogen) atoms. The molecular formula is C7H7N. The van der Waals surface area contributed by atoms with Crippen molar-refractivity contribution >= 4 is 5.71 Å². The van der Waals surface area contributed by atoms with Crippen molar-refractivity contribution in [3.05, 3.63) is 23.8 Å². The van der Waals surface area contributed by atoms with Gasteiger partial charge in [0.15, 0.2) is 0 Å². The highest BCUT2D eigenvalue weighted by Gasteiger charge is 2.28. The average Bonchev–Trinajstić information content (AvgIpc) is 2.43. The molecule has 0 aromatic carbocycles. The smallest absolute Gasteiger partial charge is 0.0536 e. The van der Waals surface area contributed by atoms with E-state index in [-0.39, 0.29) is 0 Å². The van der Waals surface area contributed by atoms with E-state index >= 15 is 0 Å². The summed E-state index contributed by atoms with van der Waals surface area (Å²) >= 11 is 0. The molecule has 0 bridgehead atoms. The first-order chi connectivity index (χ1) is 3.86. The summed E-state index contributed by atoms with van der Waals surface area (Å²) in [5.41, 5.74) is 2.10. The van der Waals surface area contributed by atoms with Gasteiger partial charge in [-0.05, 0) is 18.6 Å². The molecule has 1 atom stereocenters. The normalized spacial score (nSPS) is 31.8. The quantitative estimate of drug-likeness (QED) is 0.483. The van der Waals surface area contributed by atoms with Crippen molar-refractivity contribution in [3.8, 4) is 0 Å². The Labute approximate surface area is 48.2 Å². The Hall–Kier alpha value is -0.850. The molecule has 1 N–H and O–H groups in total. The Morgan fingerprint density at radius 1 is 1.62 bits per heavy atom. The van der Waals surface area contributed by atoms with Crippen molar-refractivity contribution in [2.24, 2.45) is 5.92 Å². The van der Waals surface area contributed by atoms with E-state index in [2.05, 4.69) is 6.08 Å². The third kappa shape index (κ3) is 0.443. The van der Waals surface area contributed by atoms with Gasteiger partial charge in [-0.2, -0.15) is 0 Å². The van der Waals surface area contributed by atoms with Gasteiger partial charge in [-0.3, -0.25) is 0 Å². The zero-order chi connectivity index (χ0) is 5.56. The third-order valence-corrected chi connectivity index (χ3v) is 1.62. The minimum atomic E-state index is 0.661. The second-order valence-electron chi connectivity index (χ2n) is 2.34. The predicted octanol–water partition coefficient (Wildman–Crippen LogP) is 1.52. The minimum absolute atomic E-state index is 0.661. The molecule has 0 spiro atoms. The zero-order valence-electron chi connectivity index (χ0n) is 4.52. The summed E-state index contributed by atoms with van der Waals surface area (Å²) in [5.74, 6) is 0.726. The Morgan fingerprint density at radius 3 is 3.12 bits per heavy atom. The van der Waals surface area contributed by atoms with Crippen LogP contribution in [0.5, 0.6) is 0 Å². The van der Waals surface area contributed by atoms with E-state index in [0.29, 0.717) is 5.71 Å². The fourth-order valence-corrected chi connectivity index (χ4v) is 1.02. The number of hydrogen-bond acceptors (Lipinski definition) is 1. The number of nitrogens with one attached hydrogen (secondary N) is 1.